The van der Waals surface area contributed by atoms with Gasteiger partial charge in [-0.3, -0.25) is 0 Å². The lowest BCUT2D eigenvalue weighted by Gasteiger charge is -2.24. The minimum absolute atomic E-state index is 0.0164. The van der Waals surface area contributed by atoms with E-state index in [4.69, 9.17) is 10.5 Å². The summed E-state index contributed by atoms with van der Waals surface area (Å²) in [5.74, 6) is -0.384. The maximum Gasteiger partial charge on any atom is 0.408 e. The van der Waals surface area contributed by atoms with Crippen molar-refractivity contribution in [3.63, 3.8) is 0 Å². The van der Waals surface area contributed by atoms with E-state index in [1.165, 1.54) is 6.26 Å². The number of hydrogen-bond acceptors (Lipinski definition) is 5. The number of carbonyl (C=O) groups is 1. The van der Waals surface area contributed by atoms with E-state index < -0.39 is 32.3 Å². The Morgan fingerprint density at radius 2 is 1.83 bits per heavy atom. The average molecular weight is 354 g/mol. The minimum Gasteiger partial charge on any atom is -0.444 e. The van der Waals surface area contributed by atoms with Crippen molar-refractivity contribution in [1.82, 2.24) is 5.32 Å². The SMILES string of the molecule is Cc1ccc([C@@H]2[C@H](S(C)(=O)=O)[C@]2(CN)NC(=O)OC(C)(C)C)cc1. The Morgan fingerprint density at radius 1 is 1.29 bits per heavy atom. The third kappa shape index (κ3) is 3.72. The van der Waals surface area contributed by atoms with Gasteiger partial charge in [-0.15, -0.1) is 0 Å². The van der Waals surface area contributed by atoms with E-state index in [0.29, 0.717) is 0 Å². The van der Waals surface area contributed by atoms with Gasteiger partial charge in [0, 0.05) is 18.7 Å². The molecule has 7 heteroatoms. The molecule has 1 aromatic carbocycles. The van der Waals surface area contributed by atoms with Gasteiger partial charge in [0.25, 0.3) is 0 Å². The number of sulfone groups is 1. The molecule has 3 N–H and O–H groups in total. The molecule has 1 fully saturated rings. The number of benzene rings is 1. The van der Waals surface area contributed by atoms with Crippen molar-refractivity contribution in [3.05, 3.63) is 35.4 Å². The first-order chi connectivity index (χ1) is 10.9. The summed E-state index contributed by atoms with van der Waals surface area (Å²) >= 11 is 0. The van der Waals surface area contributed by atoms with Gasteiger partial charge in [0.15, 0.2) is 9.84 Å². The van der Waals surface area contributed by atoms with E-state index in [-0.39, 0.29) is 12.5 Å². The number of hydrogen-bond donors (Lipinski definition) is 2. The molecular formula is C17H26N2O4S. The zero-order valence-electron chi connectivity index (χ0n) is 14.8. The van der Waals surface area contributed by atoms with Gasteiger partial charge in [-0.05, 0) is 33.3 Å². The number of amides is 1. The minimum atomic E-state index is -3.40. The van der Waals surface area contributed by atoms with Crippen LogP contribution in [0.2, 0.25) is 0 Å². The monoisotopic (exact) mass is 354 g/mol. The Bertz CT molecular complexity index is 722. The average Bonchev–Trinajstić information content (AvgIpc) is 3.06. The van der Waals surface area contributed by atoms with Crippen LogP contribution in [0.25, 0.3) is 0 Å². The lowest BCUT2D eigenvalue weighted by Crippen LogP contribution is -2.48. The van der Waals surface area contributed by atoms with Crippen LogP contribution in [0, 0.1) is 6.92 Å². The molecule has 0 heterocycles. The third-order valence-corrected chi connectivity index (χ3v) is 5.84. The van der Waals surface area contributed by atoms with Gasteiger partial charge in [-0.2, -0.15) is 0 Å². The fourth-order valence-corrected chi connectivity index (χ4v) is 5.10. The highest BCUT2D eigenvalue weighted by Crippen LogP contribution is 2.55. The molecule has 0 unspecified atom stereocenters. The van der Waals surface area contributed by atoms with Crippen LogP contribution in [0.3, 0.4) is 0 Å². The molecular weight excluding hydrogens is 328 g/mol. The Labute approximate surface area is 143 Å². The van der Waals surface area contributed by atoms with Crippen LogP contribution >= 0.6 is 0 Å². The Hall–Kier alpha value is -1.60. The third-order valence-electron chi connectivity index (χ3n) is 4.23. The quantitative estimate of drug-likeness (QED) is 0.858. The maximum atomic E-state index is 12.2. The van der Waals surface area contributed by atoms with E-state index in [1.54, 1.807) is 20.8 Å². The summed E-state index contributed by atoms with van der Waals surface area (Å²) in [4.78, 5) is 12.2. The smallest absolute Gasteiger partial charge is 0.408 e. The molecule has 24 heavy (non-hydrogen) atoms. The molecule has 1 aliphatic rings. The van der Waals surface area contributed by atoms with Gasteiger partial charge in [-0.1, -0.05) is 29.8 Å². The molecule has 3 atom stereocenters. The summed E-state index contributed by atoms with van der Waals surface area (Å²) < 4.78 is 29.8. The van der Waals surface area contributed by atoms with Crippen LogP contribution in [0.4, 0.5) is 4.79 Å². The molecule has 0 aromatic heterocycles. The first kappa shape index (κ1) is 18.7. The highest BCUT2D eigenvalue weighted by Gasteiger charge is 2.70. The van der Waals surface area contributed by atoms with Crippen LogP contribution in [-0.2, 0) is 14.6 Å². The highest BCUT2D eigenvalue weighted by molar-refractivity contribution is 7.91. The summed E-state index contributed by atoms with van der Waals surface area (Å²) in [5, 5.41) is 1.97. The summed E-state index contributed by atoms with van der Waals surface area (Å²) in [6, 6.07) is 7.60. The zero-order chi connectivity index (χ0) is 18.3. The van der Waals surface area contributed by atoms with Gasteiger partial charge in [-0.25, -0.2) is 13.2 Å². The van der Waals surface area contributed by atoms with Crippen LogP contribution in [-0.4, -0.2) is 43.7 Å². The Morgan fingerprint density at radius 3 is 2.25 bits per heavy atom. The van der Waals surface area contributed by atoms with Gasteiger partial charge in [0.2, 0.25) is 0 Å². The van der Waals surface area contributed by atoms with E-state index in [2.05, 4.69) is 5.32 Å². The molecule has 0 spiro atoms. The lowest BCUT2D eigenvalue weighted by molar-refractivity contribution is 0.0497. The van der Waals surface area contributed by atoms with Crippen LogP contribution in [0.5, 0.6) is 0 Å². The standard InChI is InChI=1S/C17H26N2O4S/c1-11-6-8-12(9-7-11)13-14(24(5,21)22)17(13,10-18)19-15(20)23-16(2,3)4/h6-9,13-14H,10,18H2,1-5H3,(H,19,20)/t13-,14+,17-/m1/s1. The van der Waals surface area contributed by atoms with Crippen molar-refractivity contribution in [2.75, 3.05) is 12.8 Å². The molecule has 1 aliphatic carbocycles. The van der Waals surface area contributed by atoms with E-state index in [1.807, 2.05) is 31.2 Å². The van der Waals surface area contributed by atoms with Gasteiger partial charge in [0.05, 0.1) is 10.8 Å². The van der Waals surface area contributed by atoms with Gasteiger partial charge < -0.3 is 15.8 Å². The summed E-state index contributed by atoms with van der Waals surface area (Å²) in [7, 11) is -3.40. The maximum absolute atomic E-state index is 12.2. The van der Waals surface area contributed by atoms with E-state index >= 15 is 0 Å². The van der Waals surface area contributed by atoms with E-state index in [9.17, 15) is 13.2 Å². The molecule has 2 rings (SSSR count). The van der Waals surface area contributed by atoms with Gasteiger partial charge >= 0.3 is 6.09 Å². The highest BCUT2D eigenvalue weighted by atomic mass is 32.2. The van der Waals surface area contributed by atoms with Crippen molar-refractivity contribution in [2.45, 2.75) is 50.0 Å². The van der Waals surface area contributed by atoms with E-state index in [0.717, 1.165) is 11.1 Å². The topological polar surface area (TPSA) is 98.5 Å². The van der Waals surface area contributed by atoms with Crippen molar-refractivity contribution >= 4 is 15.9 Å². The molecule has 1 aromatic rings. The fourth-order valence-electron chi connectivity index (χ4n) is 3.22. The number of ether oxygens (including phenoxy) is 1. The number of alkyl carbamates (subject to hydrolysis) is 1. The number of nitrogens with one attached hydrogen (secondary N) is 1. The van der Waals surface area contributed by atoms with Crippen LogP contribution < -0.4 is 11.1 Å². The molecule has 6 nitrogen and oxygen atoms in total. The predicted octanol–water partition coefficient (Wildman–Crippen LogP) is 1.73. The first-order valence-corrected chi connectivity index (χ1v) is 9.83. The molecule has 0 aliphatic heterocycles. The largest absolute Gasteiger partial charge is 0.444 e. The summed E-state index contributed by atoms with van der Waals surface area (Å²) in [6.45, 7) is 7.22. The number of rotatable bonds is 4. The first-order valence-electron chi connectivity index (χ1n) is 7.87. The fraction of sp³-hybridized carbons (Fsp3) is 0.588. The van der Waals surface area contributed by atoms with Crippen molar-refractivity contribution in [2.24, 2.45) is 5.73 Å². The zero-order valence-corrected chi connectivity index (χ0v) is 15.6. The van der Waals surface area contributed by atoms with Crippen molar-refractivity contribution in [3.8, 4) is 0 Å². The molecule has 0 saturated heterocycles. The summed E-state index contributed by atoms with van der Waals surface area (Å²) in [5.41, 5.74) is 6.10. The second-order valence-corrected chi connectivity index (χ2v) is 9.68. The van der Waals surface area contributed by atoms with Crippen molar-refractivity contribution in [1.29, 1.82) is 0 Å². The number of nitrogens with two attached hydrogens (primary N) is 1. The van der Waals surface area contributed by atoms with Crippen molar-refractivity contribution < 1.29 is 17.9 Å². The Balaban J connectivity index is 2.34. The summed E-state index contributed by atoms with van der Waals surface area (Å²) in [6.07, 6.45) is 0.517. The van der Waals surface area contributed by atoms with Crippen LogP contribution in [0.1, 0.15) is 37.8 Å². The molecule has 0 radical (unpaired) electrons. The molecule has 1 amide bonds. The molecule has 1 saturated carbocycles. The molecule has 0 bridgehead atoms. The second-order valence-electron chi connectivity index (χ2n) is 7.51. The lowest BCUT2D eigenvalue weighted by atomic mass is 10.0. The molecule has 134 valence electrons. The number of carbonyl (C=O) groups excluding carboxylic acids is 1. The van der Waals surface area contributed by atoms with Crippen LogP contribution in [0.15, 0.2) is 24.3 Å². The second kappa shape index (κ2) is 6.04. The van der Waals surface area contributed by atoms with Gasteiger partial charge in [0.1, 0.15) is 5.60 Å². The number of aryl methyl sites for hydroxylation is 1. The normalized spacial score (nSPS) is 26.8. The predicted molar refractivity (Wildman–Crippen MR) is 93.7 cm³/mol. The Kier molecular flexibility index (Phi) is 4.71.